The highest BCUT2D eigenvalue weighted by molar-refractivity contribution is 5.86. The van der Waals surface area contributed by atoms with Gasteiger partial charge >= 0.3 is 6.03 Å². The maximum Gasteiger partial charge on any atom is 0.322 e. The smallest absolute Gasteiger partial charge is 0.322 e. The van der Waals surface area contributed by atoms with Gasteiger partial charge in [-0.2, -0.15) is 4.98 Å². The number of nitrogens with one attached hydrogen (secondary N) is 1. The third-order valence-electron chi connectivity index (χ3n) is 5.51. The number of benzene rings is 2. The van der Waals surface area contributed by atoms with E-state index < -0.39 is 11.9 Å². The molecule has 0 radical (unpaired) electrons. The van der Waals surface area contributed by atoms with Gasteiger partial charge in [-0.05, 0) is 49.2 Å². The first-order valence-corrected chi connectivity index (χ1v) is 10.3. The summed E-state index contributed by atoms with van der Waals surface area (Å²) in [4.78, 5) is 19.0. The molecule has 164 valence electrons. The second-order valence-electron chi connectivity index (χ2n) is 7.58. The summed E-state index contributed by atoms with van der Waals surface area (Å²) in [6, 6.07) is 10.6. The van der Waals surface area contributed by atoms with Crippen molar-refractivity contribution >= 4 is 11.6 Å². The molecule has 2 amide bonds. The topological polar surface area (TPSA) is 89.7 Å². The highest BCUT2D eigenvalue weighted by Gasteiger charge is 2.35. The minimum absolute atomic E-state index is 0.171. The minimum Gasteiger partial charge on any atom is -0.454 e. The molecule has 1 atom stereocenters. The lowest BCUT2D eigenvalue weighted by Crippen LogP contribution is -2.46. The third kappa shape index (κ3) is 3.45. The molecule has 0 spiro atoms. The van der Waals surface area contributed by atoms with Crippen molar-refractivity contribution in [3.8, 4) is 22.9 Å². The molecule has 2 aliphatic rings. The number of aromatic nitrogens is 2. The van der Waals surface area contributed by atoms with Crippen LogP contribution in [0.2, 0.25) is 0 Å². The van der Waals surface area contributed by atoms with Crippen LogP contribution in [-0.2, 0) is 0 Å². The first-order chi connectivity index (χ1) is 15.5. The molecular weight excluding hydrogens is 415 g/mol. The second kappa shape index (κ2) is 7.99. The lowest BCUT2D eigenvalue weighted by atomic mass is 9.94. The quantitative estimate of drug-likeness (QED) is 0.633. The van der Waals surface area contributed by atoms with Gasteiger partial charge in [0.1, 0.15) is 5.82 Å². The predicted octanol–water partition coefficient (Wildman–Crippen LogP) is 4.51. The van der Waals surface area contributed by atoms with E-state index in [0.29, 0.717) is 46.3 Å². The fourth-order valence-electron chi connectivity index (χ4n) is 3.97. The van der Waals surface area contributed by atoms with Crippen LogP contribution >= 0.6 is 0 Å². The number of fused-ring (bicyclic) bond motifs is 1. The summed E-state index contributed by atoms with van der Waals surface area (Å²) in [5.41, 5.74) is 2.61. The Bertz CT molecular complexity index is 1220. The Morgan fingerprint density at radius 1 is 1.19 bits per heavy atom. The van der Waals surface area contributed by atoms with Crippen LogP contribution in [0.15, 0.2) is 52.7 Å². The zero-order valence-electron chi connectivity index (χ0n) is 17.6. The average Bonchev–Trinajstić information content (AvgIpc) is 3.45. The van der Waals surface area contributed by atoms with E-state index in [0.717, 1.165) is 6.42 Å². The molecule has 2 aromatic carbocycles. The molecule has 0 saturated heterocycles. The average molecular weight is 436 g/mol. The van der Waals surface area contributed by atoms with Gasteiger partial charge in [-0.15, -0.1) is 0 Å². The molecule has 2 aliphatic heterocycles. The lowest BCUT2D eigenvalue weighted by molar-refractivity contribution is 0.174. The maximum absolute atomic E-state index is 14.0. The Hall–Kier alpha value is -3.88. The second-order valence-corrected chi connectivity index (χ2v) is 7.58. The van der Waals surface area contributed by atoms with Gasteiger partial charge in [0.05, 0.1) is 11.6 Å². The number of urea groups is 1. The van der Waals surface area contributed by atoms with Crippen LogP contribution in [0.5, 0.6) is 11.5 Å². The van der Waals surface area contributed by atoms with Gasteiger partial charge in [0, 0.05) is 17.8 Å². The molecule has 0 aliphatic carbocycles. The summed E-state index contributed by atoms with van der Waals surface area (Å²) in [7, 11) is 0. The van der Waals surface area contributed by atoms with Gasteiger partial charge in [-0.25, -0.2) is 9.18 Å². The van der Waals surface area contributed by atoms with E-state index in [2.05, 4.69) is 15.5 Å². The molecule has 5 rings (SSSR count). The molecule has 8 nitrogen and oxygen atoms in total. The number of allylic oxidation sites excluding steroid dienone is 1. The van der Waals surface area contributed by atoms with Gasteiger partial charge in [-0.3, -0.25) is 4.90 Å². The number of carbonyl (C=O) groups excluding carboxylic acids is 1. The summed E-state index contributed by atoms with van der Waals surface area (Å²) in [5.74, 6) is 1.51. The molecule has 3 aromatic rings. The van der Waals surface area contributed by atoms with Crippen molar-refractivity contribution in [2.45, 2.75) is 26.3 Å². The molecule has 1 aromatic heterocycles. The molecule has 32 heavy (non-hydrogen) atoms. The Morgan fingerprint density at radius 3 is 2.84 bits per heavy atom. The van der Waals surface area contributed by atoms with Crippen LogP contribution in [0.3, 0.4) is 0 Å². The van der Waals surface area contributed by atoms with Crippen LogP contribution in [0.25, 0.3) is 17.0 Å². The number of ether oxygens (including phenoxy) is 2. The third-order valence-corrected chi connectivity index (χ3v) is 5.51. The number of carbonyl (C=O) groups is 1. The molecule has 1 N–H and O–H groups in total. The fraction of sp³-hybridized carbons (Fsp3) is 0.261. The van der Waals surface area contributed by atoms with Crippen molar-refractivity contribution in [3.63, 3.8) is 0 Å². The van der Waals surface area contributed by atoms with Gasteiger partial charge in [0.2, 0.25) is 12.6 Å². The van der Waals surface area contributed by atoms with Crippen LogP contribution in [0, 0.1) is 5.82 Å². The monoisotopic (exact) mass is 436 g/mol. The summed E-state index contributed by atoms with van der Waals surface area (Å²) in [5, 5.41) is 7.09. The molecular formula is C23H21FN4O4. The molecule has 1 unspecified atom stereocenters. The van der Waals surface area contributed by atoms with Crippen molar-refractivity contribution in [3.05, 3.63) is 65.4 Å². The number of hydrogen-bond acceptors (Lipinski definition) is 6. The number of rotatable bonds is 5. The molecule has 0 bridgehead atoms. The Labute approximate surface area is 183 Å². The van der Waals surface area contributed by atoms with Crippen molar-refractivity contribution in [2.75, 3.05) is 13.3 Å². The van der Waals surface area contributed by atoms with E-state index >= 15 is 0 Å². The predicted molar refractivity (Wildman–Crippen MR) is 113 cm³/mol. The summed E-state index contributed by atoms with van der Waals surface area (Å²) in [6.45, 7) is 4.52. The van der Waals surface area contributed by atoms with E-state index in [-0.39, 0.29) is 18.7 Å². The van der Waals surface area contributed by atoms with E-state index in [4.69, 9.17) is 14.0 Å². The number of amides is 2. The summed E-state index contributed by atoms with van der Waals surface area (Å²) >= 11 is 0. The fourth-order valence-corrected chi connectivity index (χ4v) is 3.97. The molecule has 0 saturated carbocycles. The number of hydrogen-bond donors (Lipinski definition) is 1. The van der Waals surface area contributed by atoms with Gasteiger partial charge in [-0.1, -0.05) is 24.2 Å². The summed E-state index contributed by atoms with van der Waals surface area (Å²) in [6.07, 6.45) is 0.773. The number of nitrogens with zero attached hydrogens (tertiary/aromatic N) is 3. The highest BCUT2D eigenvalue weighted by atomic mass is 19.1. The Morgan fingerprint density at radius 2 is 2.03 bits per heavy atom. The van der Waals surface area contributed by atoms with Crippen molar-refractivity contribution in [2.24, 2.45) is 0 Å². The van der Waals surface area contributed by atoms with Gasteiger partial charge < -0.3 is 19.3 Å². The zero-order valence-corrected chi connectivity index (χ0v) is 17.6. The first kappa shape index (κ1) is 20.0. The van der Waals surface area contributed by atoms with Crippen LogP contribution in [0.1, 0.15) is 37.8 Å². The van der Waals surface area contributed by atoms with E-state index in [9.17, 15) is 9.18 Å². The number of halogens is 1. The normalized spacial score (nSPS) is 17.7. The SMILES string of the molecule is CCCN1C(=O)NC(c2cccc(F)c2)C(c2nc(-c3ccc4c(c3)OCO4)no2)=C1C. The van der Waals surface area contributed by atoms with Crippen LogP contribution < -0.4 is 14.8 Å². The molecule has 0 fully saturated rings. The van der Waals surface area contributed by atoms with Crippen LogP contribution in [0.4, 0.5) is 9.18 Å². The summed E-state index contributed by atoms with van der Waals surface area (Å²) < 4.78 is 30.4. The van der Waals surface area contributed by atoms with Gasteiger partial charge in [0.15, 0.2) is 11.5 Å². The Kier molecular flexibility index (Phi) is 5.01. The van der Waals surface area contributed by atoms with E-state index in [1.54, 1.807) is 29.2 Å². The van der Waals surface area contributed by atoms with Crippen molar-refractivity contribution in [1.82, 2.24) is 20.4 Å². The van der Waals surface area contributed by atoms with Crippen LogP contribution in [-0.4, -0.2) is 34.4 Å². The highest BCUT2D eigenvalue weighted by Crippen LogP contribution is 2.39. The van der Waals surface area contributed by atoms with E-state index in [1.807, 2.05) is 19.9 Å². The lowest BCUT2D eigenvalue weighted by Gasteiger charge is -2.35. The Balaban J connectivity index is 1.58. The van der Waals surface area contributed by atoms with E-state index in [1.165, 1.54) is 12.1 Å². The van der Waals surface area contributed by atoms with Gasteiger partial charge in [0.25, 0.3) is 5.89 Å². The maximum atomic E-state index is 14.0. The standard InChI is InChI=1S/C23H21FN4O4/c1-3-9-28-13(2)19(20(25-23(28)29)14-5-4-6-16(24)10-14)22-26-21(27-32-22)15-7-8-17-18(11-15)31-12-30-17/h4-8,10-11,20H,3,9,12H2,1-2H3,(H,25,29). The zero-order chi connectivity index (χ0) is 22.2. The van der Waals surface area contributed by atoms with Crippen molar-refractivity contribution < 1.29 is 23.2 Å². The minimum atomic E-state index is -0.628. The molecule has 3 heterocycles. The first-order valence-electron chi connectivity index (χ1n) is 10.3. The largest absolute Gasteiger partial charge is 0.454 e. The molecule has 9 heteroatoms. The van der Waals surface area contributed by atoms with Crippen molar-refractivity contribution in [1.29, 1.82) is 0 Å².